The van der Waals surface area contributed by atoms with Crippen molar-refractivity contribution in [3.63, 3.8) is 0 Å². The molecule has 0 saturated heterocycles. The second kappa shape index (κ2) is 9.97. The quantitative estimate of drug-likeness (QED) is 0.201. The first-order valence-corrected chi connectivity index (χ1v) is 10.5. The molecule has 3 rings (SSSR count). The Kier molecular flexibility index (Phi) is 7.12. The van der Waals surface area contributed by atoms with Gasteiger partial charge in [0.05, 0.1) is 5.69 Å². The number of nitrogens with one attached hydrogen (secondary N) is 2. The Morgan fingerprint density at radius 3 is 2.32 bits per heavy atom. The minimum atomic E-state index is -0.320. The van der Waals surface area contributed by atoms with Gasteiger partial charge in [-0.3, -0.25) is 15.0 Å². The van der Waals surface area contributed by atoms with Gasteiger partial charge in [0.1, 0.15) is 18.1 Å². The van der Waals surface area contributed by atoms with E-state index in [2.05, 4.69) is 5.32 Å². The molecule has 31 heavy (non-hydrogen) atoms. The molecule has 0 heterocycles. The van der Waals surface area contributed by atoms with Crippen LogP contribution in [0, 0.1) is 11.3 Å². The van der Waals surface area contributed by atoms with Crippen LogP contribution in [-0.2, 0) is 4.79 Å². The first-order chi connectivity index (χ1) is 14.8. The van der Waals surface area contributed by atoms with Crippen LogP contribution in [0.1, 0.15) is 48.0 Å². The van der Waals surface area contributed by atoms with Crippen LogP contribution in [0.15, 0.2) is 42.5 Å². The number of hydrogen-bond acceptors (Lipinski definition) is 5. The molecule has 2 aromatic carbocycles. The van der Waals surface area contributed by atoms with Gasteiger partial charge in [0.2, 0.25) is 5.91 Å². The van der Waals surface area contributed by atoms with Gasteiger partial charge in [-0.25, -0.2) is 0 Å². The first-order valence-electron chi connectivity index (χ1n) is 10.5. The Morgan fingerprint density at radius 2 is 1.71 bits per heavy atom. The molecular formula is C23H29N5O3. The standard InChI is InChI=1S/C23H29N5O3/c24-19-11-8-17(12-20(19)29)23(31)28(13-15-4-2-1-3-5-15)14-21(30)27-18-9-6-16(7-10-18)22(25)26/h6-12,15,29H,1-5,13-14,24H2,(H3,25,26)(H,27,30). The van der Waals surface area contributed by atoms with Crippen LogP contribution in [0.25, 0.3) is 0 Å². The predicted molar refractivity (Wildman–Crippen MR) is 121 cm³/mol. The summed E-state index contributed by atoms with van der Waals surface area (Å²) in [6.07, 6.45) is 5.52. The summed E-state index contributed by atoms with van der Waals surface area (Å²) in [4.78, 5) is 27.4. The number of rotatable bonds is 7. The fraction of sp³-hybridized carbons (Fsp3) is 0.348. The lowest BCUT2D eigenvalue weighted by Gasteiger charge is -2.29. The Hall–Kier alpha value is -3.55. The van der Waals surface area contributed by atoms with E-state index in [1.807, 2.05) is 0 Å². The monoisotopic (exact) mass is 423 g/mol. The van der Waals surface area contributed by atoms with Crippen molar-refractivity contribution in [2.75, 3.05) is 24.1 Å². The van der Waals surface area contributed by atoms with Gasteiger partial charge in [-0.15, -0.1) is 0 Å². The molecule has 1 fully saturated rings. The molecule has 0 aliphatic heterocycles. The number of hydrogen-bond donors (Lipinski definition) is 5. The van der Waals surface area contributed by atoms with Crippen molar-refractivity contribution in [1.82, 2.24) is 4.90 Å². The van der Waals surface area contributed by atoms with Crippen LogP contribution >= 0.6 is 0 Å². The zero-order valence-electron chi connectivity index (χ0n) is 17.4. The topological polar surface area (TPSA) is 146 Å². The van der Waals surface area contributed by atoms with Gasteiger partial charge in [-0.1, -0.05) is 19.3 Å². The largest absolute Gasteiger partial charge is 0.506 e. The number of carbonyl (C=O) groups excluding carboxylic acids is 2. The molecule has 8 nitrogen and oxygen atoms in total. The number of nitrogens with zero attached hydrogens (tertiary/aromatic N) is 1. The molecule has 8 heteroatoms. The Balaban J connectivity index is 1.73. The highest BCUT2D eigenvalue weighted by atomic mass is 16.3. The lowest BCUT2D eigenvalue weighted by Crippen LogP contribution is -2.41. The number of benzene rings is 2. The second-order valence-corrected chi connectivity index (χ2v) is 8.00. The fourth-order valence-electron chi connectivity index (χ4n) is 3.87. The van der Waals surface area contributed by atoms with E-state index in [9.17, 15) is 14.7 Å². The van der Waals surface area contributed by atoms with E-state index >= 15 is 0 Å². The molecule has 164 valence electrons. The van der Waals surface area contributed by atoms with Crippen LogP contribution in [-0.4, -0.2) is 40.7 Å². The Morgan fingerprint density at radius 1 is 1.06 bits per heavy atom. The summed E-state index contributed by atoms with van der Waals surface area (Å²) in [6.45, 7) is 0.385. The maximum atomic E-state index is 13.1. The molecule has 1 aliphatic carbocycles. The molecule has 2 amide bonds. The van der Waals surface area contributed by atoms with Crippen molar-refractivity contribution < 1.29 is 14.7 Å². The lowest BCUT2D eigenvalue weighted by molar-refractivity contribution is -0.117. The summed E-state index contributed by atoms with van der Waals surface area (Å²) in [5, 5.41) is 20.1. The number of carbonyl (C=O) groups is 2. The van der Waals surface area contributed by atoms with Crippen LogP contribution < -0.4 is 16.8 Å². The van der Waals surface area contributed by atoms with Crippen molar-refractivity contribution in [3.05, 3.63) is 53.6 Å². The summed E-state index contributed by atoms with van der Waals surface area (Å²) in [7, 11) is 0. The number of aromatic hydroxyl groups is 1. The summed E-state index contributed by atoms with van der Waals surface area (Å²) in [6, 6.07) is 11.0. The van der Waals surface area contributed by atoms with Crippen molar-refractivity contribution in [2.45, 2.75) is 32.1 Å². The van der Waals surface area contributed by atoms with Crippen molar-refractivity contribution in [3.8, 4) is 5.75 Å². The Bertz CT molecular complexity index is 952. The van der Waals surface area contributed by atoms with Gasteiger partial charge in [0.25, 0.3) is 5.91 Å². The van der Waals surface area contributed by atoms with E-state index in [0.29, 0.717) is 29.3 Å². The highest BCUT2D eigenvalue weighted by Gasteiger charge is 2.24. The zero-order chi connectivity index (χ0) is 22.4. The minimum Gasteiger partial charge on any atom is -0.506 e. The van der Waals surface area contributed by atoms with Crippen LogP contribution in [0.4, 0.5) is 11.4 Å². The zero-order valence-corrected chi connectivity index (χ0v) is 17.4. The third-order valence-corrected chi connectivity index (χ3v) is 5.58. The fourth-order valence-corrected chi connectivity index (χ4v) is 3.87. The first kappa shape index (κ1) is 22.1. The smallest absolute Gasteiger partial charge is 0.254 e. The van der Waals surface area contributed by atoms with Crippen LogP contribution in [0.2, 0.25) is 0 Å². The van der Waals surface area contributed by atoms with Gasteiger partial charge in [0.15, 0.2) is 0 Å². The average Bonchev–Trinajstić information content (AvgIpc) is 2.76. The minimum absolute atomic E-state index is 0.0473. The summed E-state index contributed by atoms with van der Waals surface area (Å²) < 4.78 is 0. The third kappa shape index (κ3) is 5.97. The van der Waals surface area contributed by atoms with Crippen molar-refractivity contribution in [1.29, 1.82) is 5.41 Å². The van der Waals surface area contributed by atoms with E-state index < -0.39 is 0 Å². The second-order valence-electron chi connectivity index (χ2n) is 8.00. The molecule has 0 radical (unpaired) electrons. The van der Waals surface area contributed by atoms with Crippen LogP contribution in [0.5, 0.6) is 5.75 Å². The Labute approximate surface area is 181 Å². The molecule has 1 saturated carbocycles. The summed E-state index contributed by atoms with van der Waals surface area (Å²) in [5.41, 5.74) is 12.7. The highest BCUT2D eigenvalue weighted by Crippen LogP contribution is 2.26. The number of nitrogens with two attached hydrogens (primary N) is 2. The SMILES string of the molecule is N=C(N)c1ccc(NC(=O)CN(CC2CCCCC2)C(=O)c2ccc(N)c(O)c2)cc1. The predicted octanol–water partition coefficient (Wildman–Crippen LogP) is 2.92. The van der Waals surface area contributed by atoms with E-state index in [-0.39, 0.29) is 35.6 Å². The molecular weight excluding hydrogens is 394 g/mol. The molecule has 0 atom stereocenters. The highest BCUT2D eigenvalue weighted by molar-refractivity contribution is 6.00. The number of phenolic OH excluding ortho intramolecular Hbond substituents is 1. The number of phenols is 1. The molecule has 2 aromatic rings. The normalized spacial score (nSPS) is 14.1. The number of amides is 2. The average molecular weight is 424 g/mol. The van der Waals surface area contributed by atoms with E-state index in [4.69, 9.17) is 16.9 Å². The van der Waals surface area contributed by atoms with Gasteiger partial charge in [-0.2, -0.15) is 0 Å². The van der Waals surface area contributed by atoms with E-state index in [0.717, 1.165) is 25.7 Å². The van der Waals surface area contributed by atoms with Gasteiger partial charge < -0.3 is 26.8 Å². The molecule has 0 aromatic heterocycles. The number of anilines is 2. The summed E-state index contributed by atoms with van der Waals surface area (Å²) in [5.74, 6) is -0.488. The molecule has 0 unspecified atom stereocenters. The van der Waals surface area contributed by atoms with Crippen molar-refractivity contribution in [2.24, 2.45) is 11.7 Å². The maximum Gasteiger partial charge on any atom is 0.254 e. The van der Waals surface area contributed by atoms with Crippen molar-refractivity contribution >= 4 is 29.0 Å². The summed E-state index contributed by atoms with van der Waals surface area (Å²) >= 11 is 0. The number of amidine groups is 1. The molecule has 0 spiro atoms. The van der Waals surface area contributed by atoms with Gasteiger partial charge in [-0.05, 0) is 61.2 Å². The third-order valence-electron chi connectivity index (χ3n) is 5.58. The maximum absolute atomic E-state index is 13.1. The molecule has 1 aliphatic rings. The molecule has 0 bridgehead atoms. The van der Waals surface area contributed by atoms with E-state index in [1.54, 1.807) is 35.2 Å². The van der Waals surface area contributed by atoms with E-state index in [1.165, 1.54) is 18.6 Å². The lowest BCUT2D eigenvalue weighted by atomic mass is 9.89. The van der Waals surface area contributed by atoms with Gasteiger partial charge in [0, 0.05) is 23.4 Å². The number of nitrogen functional groups attached to an aromatic ring is 2. The van der Waals surface area contributed by atoms with Crippen LogP contribution in [0.3, 0.4) is 0 Å². The molecule has 7 N–H and O–H groups in total. The van der Waals surface area contributed by atoms with Gasteiger partial charge >= 0.3 is 0 Å².